The van der Waals surface area contributed by atoms with Crippen molar-refractivity contribution in [2.75, 3.05) is 26.3 Å². The maximum absolute atomic E-state index is 12.7. The molecule has 0 aliphatic carbocycles. The molecule has 0 saturated carbocycles. The van der Waals surface area contributed by atoms with Gasteiger partial charge in [0.05, 0.1) is 24.7 Å². The summed E-state index contributed by atoms with van der Waals surface area (Å²) in [5, 5.41) is 3.19. The monoisotopic (exact) mass is 340 g/mol. The number of amides is 2. The maximum atomic E-state index is 12.7. The number of nitrogens with one attached hydrogen (secondary N) is 1. The number of carbonyl (C=O) groups excluding carboxylic acids is 2. The number of rotatable bonds is 5. The van der Waals surface area contributed by atoms with Gasteiger partial charge in [-0.3, -0.25) is 4.79 Å². The van der Waals surface area contributed by atoms with Crippen LogP contribution in [0.5, 0.6) is 0 Å². The quantitative estimate of drug-likeness (QED) is 0.835. The molecule has 2 saturated heterocycles. The fraction of sp³-hybridized carbons (Fsp3) is 0.889. The molecule has 2 heterocycles. The molecule has 2 aliphatic rings. The number of ether oxygens (including phenoxy) is 2. The van der Waals surface area contributed by atoms with Crippen molar-refractivity contribution in [3.05, 3.63) is 0 Å². The fourth-order valence-electron chi connectivity index (χ4n) is 3.57. The van der Waals surface area contributed by atoms with Crippen LogP contribution < -0.4 is 5.32 Å². The van der Waals surface area contributed by atoms with Crippen LogP contribution >= 0.6 is 0 Å². The van der Waals surface area contributed by atoms with Crippen LogP contribution in [0.15, 0.2) is 0 Å². The van der Waals surface area contributed by atoms with Crippen molar-refractivity contribution in [3.8, 4) is 0 Å². The van der Waals surface area contributed by atoms with Gasteiger partial charge in [-0.15, -0.1) is 0 Å². The van der Waals surface area contributed by atoms with Gasteiger partial charge in [0.2, 0.25) is 5.91 Å². The van der Waals surface area contributed by atoms with Crippen molar-refractivity contribution in [2.24, 2.45) is 11.8 Å². The highest BCUT2D eigenvalue weighted by molar-refractivity contribution is 5.80. The van der Waals surface area contributed by atoms with Crippen LogP contribution in [0.2, 0.25) is 0 Å². The molecule has 0 aromatic carbocycles. The largest absolute Gasteiger partial charge is 0.450 e. The van der Waals surface area contributed by atoms with Crippen LogP contribution in [-0.2, 0) is 14.3 Å². The van der Waals surface area contributed by atoms with Gasteiger partial charge in [0.15, 0.2) is 0 Å². The molecule has 6 heteroatoms. The van der Waals surface area contributed by atoms with Gasteiger partial charge in [-0.25, -0.2) is 4.79 Å². The third-order valence-electron chi connectivity index (χ3n) is 4.79. The average molecular weight is 340 g/mol. The molecule has 2 amide bonds. The summed E-state index contributed by atoms with van der Waals surface area (Å²) in [7, 11) is 0. The van der Waals surface area contributed by atoms with Crippen molar-refractivity contribution in [1.82, 2.24) is 10.2 Å². The molecule has 0 bridgehead atoms. The molecule has 2 aliphatic heterocycles. The van der Waals surface area contributed by atoms with E-state index in [1.165, 1.54) is 0 Å². The molecule has 0 aromatic rings. The first-order valence-electron chi connectivity index (χ1n) is 9.35. The van der Waals surface area contributed by atoms with E-state index in [1.807, 2.05) is 0 Å². The van der Waals surface area contributed by atoms with Gasteiger partial charge < -0.3 is 19.7 Å². The summed E-state index contributed by atoms with van der Waals surface area (Å²) >= 11 is 0. The minimum atomic E-state index is -0.311. The number of carbonyl (C=O) groups is 2. The number of piperidine rings is 1. The Labute approximate surface area is 145 Å². The van der Waals surface area contributed by atoms with Crippen molar-refractivity contribution in [1.29, 1.82) is 0 Å². The highest BCUT2D eigenvalue weighted by atomic mass is 16.6. The van der Waals surface area contributed by atoms with Gasteiger partial charge in [-0.05, 0) is 44.9 Å². The van der Waals surface area contributed by atoms with Gasteiger partial charge in [-0.1, -0.05) is 13.8 Å². The van der Waals surface area contributed by atoms with Crippen molar-refractivity contribution in [2.45, 2.75) is 65.0 Å². The Morgan fingerprint density at radius 1 is 1.29 bits per heavy atom. The summed E-state index contributed by atoms with van der Waals surface area (Å²) in [5.74, 6) is 0.444. The molecule has 138 valence electrons. The minimum Gasteiger partial charge on any atom is -0.450 e. The summed E-state index contributed by atoms with van der Waals surface area (Å²) in [5.41, 5.74) is 0. The zero-order valence-electron chi connectivity index (χ0n) is 15.3. The first-order valence-corrected chi connectivity index (χ1v) is 9.35. The average Bonchev–Trinajstić information content (AvgIpc) is 2.56. The zero-order chi connectivity index (χ0) is 17.5. The summed E-state index contributed by atoms with van der Waals surface area (Å²) in [6.07, 6.45) is 4.37. The Morgan fingerprint density at radius 2 is 2.08 bits per heavy atom. The highest BCUT2D eigenvalue weighted by Crippen LogP contribution is 2.22. The second-order valence-corrected chi connectivity index (χ2v) is 7.28. The summed E-state index contributed by atoms with van der Waals surface area (Å²) in [4.78, 5) is 26.2. The van der Waals surface area contributed by atoms with E-state index in [-0.39, 0.29) is 30.1 Å². The number of hydrogen-bond donors (Lipinski definition) is 1. The Hall–Kier alpha value is -1.30. The first-order chi connectivity index (χ1) is 11.5. The smallest absolute Gasteiger partial charge is 0.409 e. The van der Waals surface area contributed by atoms with E-state index < -0.39 is 0 Å². The maximum Gasteiger partial charge on any atom is 0.409 e. The standard InChI is InChI=1S/C18H32N2O4/c1-4-23-18(22)20-9-5-7-14(12-20)17(21)19-15-8-6-10-24-16(15)11-13(2)3/h13-16H,4-12H2,1-3H3,(H,19,21)/t14-,15+,16+/m0/s1. The van der Waals surface area contributed by atoms with E-state index in [0.29, 0.717) is 25.6 Å². The summed E-state index contributed by atoms with van der Waals surface area (Å²) < 4.78 is 10.9. The Bertz CT molecular complexity index is 427. The van der Waals surface area contributed by atoms with E-state index in [9.17, 15) is 9.59 Å². The summed E-state index contributed by atoms with van der Waals surface area (Å²) in [6, 6.07) is 0.0895. The second-order valence-electron chi connectivity index (χ2n) is 7.28. The minimum absolute atomic E-state index is 0.0493. The predicted molar refractivity (Wildman–Crippen MR) is 91.7 cm³/mol. The Balaban J connectivity index is 1.89. The summed E-state index contributed by atoms with van der Waals surface area (Å²) in [6.45, 7) is 8.42. The molecule has 3 atom stereocenters. The molecule has 24 heavy (non-hydrogen) atoms. The lowest BCUT2D eigenvalue weighted by molar-refractivity contribution is -0.129. The van der Waals surface area contributed by atoms with E-state index in [2.05, 4.69) is 19.2 Å². The van der Waals surface area contributed by atoms with Gasteiger partial charge in [0.25, 0.3) is 0 Å². The van der Waals surface area contributed by atoms with Crippen LogP contribution in [0.4, 0.5) is 4.79 Å². The highest BCUT2D eigenvalue weighted by Gasteiger charge is 2.33. The molecule has 0 spiro atoms. The molecule has 2 fully saturated rings. The molecule has 2 rings (SSSR count). The van der Waals surface area contributed by atoms with E-state index in [1.54, 1.807) is 11.8 Å². The third-order valence-corrected chi connectivity index (χ3v) is 4.79. The molecular weight excluding hydrogens is 308 g/mol. The lowest BCUT2D eigenvalue weighted by Gasteiger charge is -2.36. The SMILES string of the molecule is CCOC(=O)N1CCC[C@H](C(=O)N[C@@H]2CCCO[C@@H]2CC(C)C)C1. The zero-order valence-corrected chi connectivity index (χ0v) is 15.3. The number of likely N-dealkylation sites (tertiary alicyclic amines) is 1. The van der Waals surface area contributed by atoms with E-state index >= 15 is 0 Å². The van der Waals surface area contributed by atoms with Crippen LogP contribution in [0.3, 0.4) is 0 Å². The van der Waals surface area contributed by atoms with Crippen LogP contribution in [0, 0.1) is 11.8 Å². The lowest BCUT2D eigenvalue weighted by atomic mass is 9.92. The topological polar surface area (TPSA) is 67.9 Å². The van der Waals surface area contributed by atoms with E-state index in [4.69, 9.17) is 9.47 Å². The van der Waals surface area contributed by atoms with Gasteiger partial charge >= 0.3 is 6.09 Å². The third kappa shape index (κ3) is 5.36. The Kier molecular flexibility index (Phi) is 7.34. The second kappa shape index (κ2) is 9.25. The molecular formula is C18H32N2O4. The Morgan fingerprint density at radius 3 is 2.79 bits per heavy atom. The van der Waals surface area contributed by atoms with Gasteiger partial charge in [0, 0.05) is 19.7 Å². The number of nitrogens with zero attached hydrogens (tertiary/aromatic N) is 1. The van der Waals surface area contributed by atoms with Crippen LogP contribution in [-0.4, -0.2) is 55.3 Å². The molecule has 0 radical (unpaired) electrons. The molecule has 0 unspecified atom stereocenters. The first kappa shape index (κ1) is 19.0. The molecule has 6 nitrogen and oxygen atoms in total. The predicted octanol–water partition coefficient (Wildman–Crippen LogP) is 2.56. The normalized spacial score (nSPS) is 27.8. The van der Waals surface area contributed by atoms with Crippen molar-refractivity contribution in [3.63, 3.8) is 0 Å². The molecule has 1 N–H and O–H groups in total. The number of hydrogen-bond acceptors (Lipinski definition) is 4. The van der Waals surface area contributed by atoms with Crippen molar-refractivity contribution < 1.29 is 19.1 Å². The van der Waals surface area contributed by atoms with Crippen LogP contribution in [0.25, 0.3) is 0 Å². The molecule has 0 aromatic heterocycles. The fourth-order valence-corrected chi connectivity index (χ4v) is 3.57. The van der Waals surface area contributed by atoms with Crippen LogP contribution in [0.1, 0.15) is 52.9 Å². The lowest BCUT2D eigenvalue weighted by Crippen LogP contribution is -2.52. The van der Waals surface area contributed by atoms with Crippen molar-refractivity contribution >= 4 is 12.0 Å². The van der Waals surface area contributed by atoms with Gasteiger partial charge in [-0.2, -0.15) is 0 Å². The van der Waals surface area contributed by atoms with Gasteiger partial charge in [0.1, 0.15) is 0 Å². The van der Waals surface area contributed by atoms with E-state index in [0.717, 1.165) is 38.7 Å².